The molecular weight excluding hydrogens is 238 g/mol. The van der Waals surface area contributed by atoms with Crippen molar-refractivity contribution in [1.82, 2.24) is 5.01 Å². The van der Waals surface area contributed by atoms with E-state index in [9.17, 15) is 10.0 Å². The maximum Gasteiger partial charge on any atom is 0.311 e. The molecule has 7 nitrogen and oxygen atoms in total. The highest BCUT2D eigenvalue weighted by atomic mass is 16.8. The smallest absolute Gasteiger partial charge is 0.311 e. The first-order valence-corrected chi connectivity index (χ1v) is 6.32. The van der Waals surface area contributed by atoms with Gasteiger partial charge in [-0.2, -0.15) is 0 Å². The largest absolute Gasteiger partial charge is 0.569 e. The molecule has 0 spiro atoms. The van der Waals surface area contributed by atoms with Crippen LogP contribution in [0.2, 0.25) is 0 Å². The summed E-state index contributed by atoms with van der Waals surface area (Å²) in [4.78, 5) is 16.4. The minimum absolute atomic E-state index is 0.125. The molecule has 0 radical (unpaired) electrons. The molecule has 0 N–H and O–H groups in total. The number of carbonyl (C=O) groups excluding carboxylic acids is 1. The van der Waals surface area contributed by atoms with Crippen LogP contribution in [0.25, 0.3) is 0 Å². The minimum atomic E-state index is -0.338. The Bertz CT molecular complexity index is 263. The van der Waals surface area contributed by atoms with Crippen LogP contribution in [0.4, 0.5) is 0 Å². The molecule has 0 aromatic heterocycles. The van der Waals surface area contributed by atoms with Gasteiger partial charge in [0.1, 0.15) is 0 Å². The Morgan fingerprint density at radius 3 is 2.28 bits per heavy atom. The van der Waals surface area contributed by atoms with Gasteiger partial charge in [-0.1, -0.05) is 13.8 Å². The lowest BCUT2D eigenvalue weighted by atomic mass is 10.0. The Hall–Kier alpha value is -1.53. The summed E-state index contributed by atoms with van der Waals surface area (Å²) in [6.45, 7) is 8.21. The van der Waals surface area contributed by atoms with Crippen molar-refractivity contribution < 1.29 is 19.3 Å². The van der Waals surface area contributed by atoms with Gasteiger partial charge in [0.15, 0.2) is 0 Å². The molecule has 0 atom stereocenters. The van der Waals surface area contributed by atoms with Gasteiger partial charge < -0.3 is 14.8 Å². The first kappa shape index (κ1) is 16.5. The van der Waals surface area contributed by atoms with Crippen molar-refractivity contribution in [2.24, 2.45) is 11.2 Å². The van der Waals surface area contributed by atoms with Crippen molar-refractivity contribution in [3.63, 3.8) is 0 Å². The molecule has 18 heavy (non-hydrogen) atoms. The number of hydrogen-bond donors (Lipinski definition) is 0. The van der Waals surface area contributed by atoms with Crippen LogP contribution in [-0.4, -0.2) is 35.8 Å². The Labute approximate surface area is 108 Å². The summed E-state index contributed by atoms with van der Waals surface area (Å²) >= 11 is 0. The molecule has 0 aromatic carbocycles. The van der Waals surface area contributed by atoms with Crippen molar-refractivity contribution >= 4 is 5.97 Å². The highest BCUT2D eigenvalue weighted by Gasteiger charge is 2.15. The zero-order valence-electron chi connectivity index (χ0n) is 11.6. The average Bonchev–Trinajstić information content (AvgIpc) is 2.37. The van der Waals surface area contributed by atoms with E-state index in [0.29, 0.717) is 18.1 Å². The SMILES string of the molecule is CCC(CC)C(=O)OCO/N=[N+](\[O-])N(CC)CC. The molecule has 0 saturated heterocycles. The summed E-state index contributed by atoms with van der Waals surface area (Å²) in [7, 11) is 0. The number of ether oxygens (including phenoxy) is 1. The normalized spacial score (nSPS) is 11.5. The van der Waals surface area contributed by atoms with Gasteiger partial charge in [0.25, 0.3) is 6.79 Å². The first-order valence-electron chi connectivity index (χ1n) is 6.32. The van der Waals surface area contributed by atoms with E-state index in [4.69, 9.17) is 4.74 Å². The Morgan fingerprint density at radius 1 is 1.28 bits per heavy atom. The predicted octanol–water partition coefficient (Wildman–Crippen LogP) is 2.07. The molecule has 0 amide bonds. The van der Waals surface area contributed by atoms with Gasteiger partial charge >= 0.3 is 5.97 Å². The summed E-state index contributed by atoms with van der Waals surface area (Å²) in [5.41, 5.74) is 0. The fourth-order valence-electron chi connectivity index (χ4n) is 1.41. The number of hydrazine groups is 1. The zero-order valence-corrected chi connectivity index (χ0v) is 11.6. The molecule has 0 aromatic rings. The number of carbonyl (C=O) groups is 1. The van der Waals surface area contributed by atoms with E-state index < -0.39 is 0 Å². The van der Waals surface area contributed by atoms with E-state index in [1.807, 2.05) is 27.7 Å². The van der Waals surface area contributed by atoms with Crippen LogP contribution < -0.4 is 0 Å². The van der Waals surface area contributed by atoms with Gasteiger partial charge in [0, 0.05) is 0 Å². The quantitative estimate of drug-likeness (QED) is 0.158. The standard InChI is InChI=1S/C11H23N3O4/c1-5-10(6-2)11(15)17-9-18-12-14(16)13(7-3)8-4/h10H,5-9H2,1-4H3/b14-12-. The van der Waals surface area contributed by atoms with Gasteiger partial charge in [0.05, 0.1) is 24.0 Å². The third-order valence-electron chi connectivity index (χ3n) is 2.67. The molecule has 0 aliphatic carbocycles. The second-order valence-corrected chi connectivity index (χ2v) is 3.70. The van der Waals surface area contributed by atoms with Crippen LogP contribution in [0, 0.1) is 11.1 Å². The van der Waals surface area contributed by atoms with Crippen molar-refractivity contribution in [2.45, 2.75) is 40.5 Å². The number of nitrogens with zero attached hydrogens (tertiary/aromatic N) is 3. The van der Waals surface area contributed by atoms with Crippen LogP contribution >= 0.6 is 0 Å². The van der Waals surface area contributed by atoms with E-state index in [-0.39, 0.29) is 18.7 Å². The average molecular weight is 261 g/mol. The monoisotopic (exact) mass is 261 g/mol. The van der Waals surface area contributed by atoms with Gasteiger partial charge in [-0.3, -0.25) is 4.79 Å². The van der Waals surface area contributed by atoms with E-state index in [1.54, 1.807) is 0 Å². The van der Waals surface area contributed by atoms with Crippen LogP contribution in [-0.2, 0) is 14.4 Å². The second-order valence-electron chi connectivity index (χ2n) is 3.70. The molecular formula is C11H23N3O4. The molecule has 0 heterocycles. The lowest BCUT2D eigenvalue weighted by molar-refractivity contribution is -0.710. The van der Waals surface area contributed by atoms with E-state index in [0.717, 1.165) is 12.8 Å². The second kappa shape index (κ2) is 9.49. The van der Waals surface area contributed by atoms with Gasteiger partial charge in [0.2, 0.25) is 5.28 Å². The lowest BCUT2D eigenvalue weighted by Crippen LogP contribution is -2.30. The molecule has 106 valence electrons. The van der Waals surface area contributed by atoms with Crippen molar-refractivity contribution in [3.8, 4) is 0 Å². The third kappa shape index (κ3) is 5.70. The number of esters is 1. The summed E-state index contributed by atoms with van der Waals surface area (Å²) < 4.78 is 4.84. The maximum absolute atomic E-state index is 11.5. The zero-order chi connectivity index (χ0) is 14.0. The molecule has 0 saturated carbocycles. The Kier molecular flexibility index (Phi) is 8.69. The molecule has 7 heteroatoms. The van der Waals surface area contributed by atoms with Crippen LogP contribution in [0.1, 0.15) is 40.5 Å². The fraction of sp³-hybridized carbons (Fsp3) is 0.909. The van der Waals surface area contributed by atoms with Crippen molar-refractivity contribution in [3.05, 3.63) is 5.21 Å². The van der Waals surface area contributed by atoms with Gasteiger partial charge in [-0.05, 0) is 26.7 Å². The number of hydrogen-bond acceptors (Lipinski definition) is 5. The molecule has 0 fully saturated rings. The van der Waals surface area contributed by atoms with E-state index >= 15 is 0 Å². The lowest BCUT2D eigenvalue weighted by Gasteiger charge is -2.13. The maximum atomic E-state index is 11.5. The van der Waals surface area contributed by atoms with Gasteiger partial charge in [-0.15, -0.1) is 5.01 Å². The Morgan fingerprint density at radius 2 is 1.83 bits per heavy atom. The molecule has 0 unspecified atom stereocenters. The van der Waals surface area contributed by atoms with Crippen molar-refractivity contribution in [1.29, 1.82) is 0 Å². The summed E-state index contributed by atoms with van der Waals surface area (Å²) in [5.74, 6) is -0.449. The first-order chi connectivity index (χ1) is 8.60. The molecule has 0 rings (SSSR count). The molecule has 0 bridgehead atoms. The highest BCUT2D eigenvalue weighted by Crippen LogP contribution is 2.09. The predicted molar refractivity (Wildman–Crippen MR) is 65.1 cm³/mol. The molecule has 0 aliphatic rings. The van der Waals surface area contributed by atoms with Crippen LogP contribution in [0.3, 0.4) is 0 Å². The third-order valence-corrected chi connectivity index (χ3v) is 2.67. The fourth-order valence-corrected chi connectivity index (χ4v) is 1.41. The Balaban J connectivity index is 3.98. The van der Waals surface area contributed by atoms with Crippen LogP contribution in [0.15, 0.2) is 5.28 Å². The van der Waals surface area contributed by atoms with Crippen LogP contribution in [0.5, 0.6) is 0 Å². The number of rotatable bonds is 9. The van der Waals surface area contributed by atoms with Crippen molar-refractivity contribution in [2.75, 3.05) is 19.9 Å². The van der Waals surface area contributed by atoms with Gasteiger partial charge in [-0.25, -0.2) is 0 Å². The van der Waals surface area contributed by atoms with E-state index in [1.165, 1.54) is 5.01 Å². The highest BCUT2D eigenvalue weighted by molar-refractivity contribution is 5.72. The van der Waals surface area contributed by atoms with E-state index in [2.05, 4.69) is 10.1 Å². The summed E-state index contributed by atoms with van der Waals surface area (Å²) in [6, 6.07) is 0. The topological polar surface area (TPSA) is 77.2 Å². The summed E-state index contributed by atoms with van der Waals surface area (Å²) in [5, 5.41) is 16.0. The molecule has 0 aliphatic heterocycles. The minimum Gasteiger partial charge on any atom is -0.569 e. The summed E-state index contributed by atoms with van der Waals surface area (Å²) in [6.07, 6.45) is 1.44.